The van der Waals surface area contributed by atoms with Gasteiger partial charge in [-0.15, -0.1) is 0 Å². The van der Waals surface area contributed by atoms with Gasteiger partial charge < -0.3 is 10.2 Å². The SMILES string of the molecule is Cc1ccc(S(=O)(=O)N(CC(=O)N(Cc2cccc(Br)c2)C(C)C(=O)NC2CCCCC2)c2ccccc2)cc1. The summed E-state index contributed by atoms with van der Waals surface area (Å²) in [5.74, 6) is -0.700. The first-order chi connectivity index (χ1) is 19.1. The van der Waals surface area contributed by atoms with Crippen LogP contribution in [0.2, 0.25) is 0 Å². The summed E-state index contributed by atoms with van der Waals surface area (Å²) in [4.78, 5) is 29.0. The molecule has 3 aromatic rings. The van der Waals surface area contributed by atoms with E-state index in [4.69, 9.17) is 0 Å². The van der Waals surface area contributed by atoms with Crippen LogP contribution in [0.4, 0.5) is 5.69 Å². The van der Waals surface area contributed by atoms with Gasteiger partial charge in [0.2, 0.25) is 11.8 Å². The Bertz CT molecular complexity index is 1410. The Balaban J connectivity index is 1.65. The monoisotopic (exact) mass is 625 g/mol. The molecule has 1 N–H and O–H groups in total. The maximum absolute atomic E-state index is 14.0. The molecule has 0 bridgehead atoms. The number of sulfonamides is 1. The van der Waals surface area contributed by atoms with Crippen molar-refractivity contribution in [1.82, 2.24) is 10.2 Å². The standard InChI is InChI=1S/C31H36BrN3O4S/c1-23-16-18-29(19-17-23)40(38,39)35(28-14-7-4-8-15-28)22-30(36)34(21-25-10-9-11-26(32)20-25)24(2)31(37)33-27-12-5-3-6-13-27/h4,7-11,14-20,24,27H,3,5-6,12-13,21-22H2,1-2H3,(H,33,37). The number of hydrogen-bond donors (Lipinski definition) is 1. The van der Waals surface area contributed by atoms with E-state index < -0.39 is 28.5 Å². The van der Waals surface area contributed by atoms with Gasteiger partial charge in [0.05, 0.1) is 10.6 Å². The lowest BCUT2D eigenvalue weighted by Crippen LogP contribution is -2.53. The number of amides is 2. The van der Waals surface area contributed by atoms with Gasteiger partial charge in [-0.2, -0.15) is 0 Å². The van der Waals surface area contributed by atoms with Crippen LogP contribution >= 0.6 is 15.9 Å². The minimum atomic E-state index is -4.07. The predicted octanol–water partition coefficient (Wildman–Crippen LogP) is 5.82. The largest absolute Gasteiger partial charge is 0.352 e. The Kier molecular flexibility index (Phi) is 10.0. The van der Waals surface area contributed by atoms with Crippen LogP contribution < -0.4 is 9.62 Å². The minimum absolute atomic E-state index is 0.0919. The van der Waals surface area contributed by atoms with Gasteiger partial charge in [0.1, 0.15) is 12.6 Å². The summed E-state index contributed by atoms with van der Waals surface area (Å²) in [5, 5.41) is 3.12. The number of rotatable bonds is 10. The molecule has 9 heteroatoms. The van der Waals surface area contributed by atoms with E-state index in [1.807, 2.05) is 31.2 Å². The van der Waals surface area contributed by atoms with E-state index in [2.05, 4.69) is 21.2 Å². The Morgan fingerprint density at radius 3 is 2.27 bits per heavy atom. The maximum atomic E-state index is 14.0. The van der Waals surface area contributed by atoms with E-state index in [9.17, 15) is 18.0 Å². The third-order valence-electron chi connectivity index (χ3n) is 7.29. The van der Waals surface area contributed by atoms with E-state index in [1.54, 1.807) is 61.5 Å². The van der Waals surface area contributed by atoms with Crippen molar-refractivity contribution < 1.29 is 18.0 Å². The summed E-state index contributed by atoms with van der Waals surface area (Å²) in [7, 11) is -4.07. The molecule has 0 spiro atoms. The molecule has 1 saturated carbocycles. The number of halogens is 1. The minimum Gasteiger partial charge on any atom is -0.352 e. The van der Waals surface area contributed by atoms with Crippen molar-refractivity contribution in [1.29, 1.82) is 0 Å². The number of benzene rings is 3. The third kappa shape index (κ3) is 7.52. The van der Waals surface area contributed by atoms with Gasteiger partial charge in [0, 0.05) is 17.1 Å². The molecule has 7 nitrogen and oxygen atoms in total. The molecule has 1 unspecified atom stereocenters. The maximum Gasteiger partial charge on any atom is 0.264 e. The molecule has 0 aromatic heterocycles. The summed E-state index contributed by atoms with van der Waals surface area (Å²) >= 11 is 3.48. The lowest BCUT2D eigenvalue weighted by Gasteiger charge is -2.33. The van der Waals surface area contributed by atoms with Crippen LogP contribution in [0, 0.1) is 6.92 Å². The van der Waals surface area contributed by atoms with Gasteiger partial charge in [-0.25, -0.2) is 8.42 Å². The number of carbonyl (C=O) groups is 2. The van der Waals surface area contributed by atoms with Crippen molar-refractivity contribution in [3.05, 3.63) is 94.5 Å². The number of carbonyl (C=O) groups excluding carboxylic acids is 2. The van der Waals surface area contributed by atoms with Crippen molar-refractivity contribution in [3.63, 3.8) is 0 Å². The summed E-state index contributed by atoms with van der Waals surface area (Å²) in [5.41, 5.74) is 2.13. The number of nitrogens with one attached hydrogen (secondary N) is 1. The molecule has 212 valence electrons. The second-order valence-electron chi connectivity index (χ2n) is 10.3. The van der Waals surface area contributed by atoms with E-state index in [-0.39, 0.29) is 23.4 Å². The second kappa shape index (κ2) is 13.5. The zero-order valence-corrected chi connectivity index (χ0v) is 25.3. The molecule has 0 saturated heterocycles. The van der Waals surface area contributed by atoms with Crippen molar-refractivity contribution >= 4 is 43.5 Å². The molecule has 0 aliphatic heterocycles. The second-order valence-corrected chi connectivity index (χ2v) is 13.1. The molecule has 4 rings (SSSR count). The summed E-state index contributed by atoms with van der Waals surface area (Å²) < 4.78 is 29.7. The fraction of sp³-hybridized carbons (Fsp3) is 0.355. The average molecular weight is 627 g/mol. The lowest BCUT2D eigenvalue weighted by atomic mass is 9.95. The highest BCUT2D eigenvalue weighted by Crippen LogP contribution is 2.25. The number of anilines is 1. The molecule has 2 amide bonds. The molecule has 1 atom stereocenters. The fourth-order valence-electron chi connectivity index (χ4n) is 4.94. The summed E-state index contributed by atoms with van der Waals surface area (Å²) in [6.07, 6.45) is 5.16. The molecule has 1 aliphatic carbocycles. The van der Waals surface area contributed by atoms with Crippen LogP contribution in [0.25, 0.3) is 0 Å². The number of hydrogen-bond acceptors (Lipinski definition) is 4. The summed E-state index contributed by atoms with van der Waals surface area (Å²) in [6.45, 7) is 3.30. The molecule has 1 aliphatic rings. The average Bonchev–Trinajstić information content (AvgIpc) is 2.95. The van der Waals surface area contributed by atoms with Crippen molar-refractivity contribution in [2.24, 2.45) is 0 Å². The lowest BCUT2D eigenvalue weighted by molar-refractivity contribution is -0.139. The van der Waals surface area contributed by atoms with Gasteiger partial charge in [-0.1, -0.05) is 83.2 Å². The Hall–Kier alpha value is -3.17. The van der Waals surface area contributed by atoms with Gasteiger partial charge in [0.25, 0.3) is 10.0 Å². The molecule has 40 heavy (non-hydrogen) atoms. The first-order valence-electron chi connectivity index (χ1n) is 13.6. The normalized spacial score (nSPS) is 14.8. The zero-order chi connectivity index (χ0) is 28.7. The van der Waals surface area contributed by atoms with E-state index in [1.165, 1.54) is 11.3 Å². The fourth-order valence-corrected chi connectivity index (χ4v) is 6.80. The third-order valence-corrected chi connectivity index (χ3v) is 9.57. The van der Waals surface area contributed by atoms with Gasteiger partial charge in [-0.3, -0.25) is 13.9 Å². The van der Waals surface area contributed by atoms with Crippen molar-refractivity contribution in [3.8, 4) is 0 Å². The van der Waals surface area contributed by atoms with Crippen LogP contribution in [0.5, 0.6) is 0 Å². The van der Waals surface area contributed by atoms with Gasteiger partial charge in [0.15, 0.2) is 0 Å². The number of aryl methyl sites for hydroxylation is 1. The Morgan fingerprint density at radius 2 is 1.62 bits per heavy atom. The van der Waals surface area contributed by atoms with E-state index >= 15 is 0 Å². The molecule has 3 aromatic carbocycles. The van der Waals surface area contributed by atoms with E-state index in [0.29, 0.717) is 5.69 Å². The highest BCUT2D eigenvalue weighted by Gasteiger charge is 2.33. The Morgan fingerprint density at radius 1 is 0.950 bits per heavy atom. The van der Waals surface area contributed by atoms with Gasteiger partial charge in [-0.05, 0) is 68.7 Å². The molecule has 0 heterocycles. The van der Waals surface area contributed by atoms with E-state index in [0.717, 1.165) is 45.6 Å². The molecule has 1 fully saturated rings. The van der Waals surface area contributed by atoms with Gasteiger partial charge >= 0.3 is 0 Å². The number of para-hydroxylation sites is 1. The van der Waals surface area contributed by atoms with Crippen LogP contribution in [0.1, 0.15) is 50.2 Å². The van der Waals surface area contributed by atoms with Crippen LogP contribution in [0.15, 0.2) is 88.2 Å². The molecular weight excluding hydrogens is 590 g/mol. The van der Waals surface area contributed by atoms with Crippen molar-refractivity contribution in [2.75, 3.05) is 10.8 Å². The smallest absolute Gasteiger partial charge is 0.264 e. The van der Waals surface area contributed by atoms with Crippen molar-refractivity contribution in [2.45, 2.75) is 69.5 Å². The quantitative estimate of drug-likeness (QED) is 0.308. The highest BCUT2D eigenvalue weighted by atomic mass is 79.9. The highest BCUT2D eigenvalue weighted by molar-refractivity contribution is 9.10. The topological polar surface area (TPSA) is 86.8 Å². The predicted molar refractivity (Wildman–Crippen MR) is 161 cm³/mol. The Labute approximate surface area is 245 Å². The van der Waals surface area contributed by atoms with Crippen LogP contribution in [-0.4, -0.2) is 43.8 Å². The van der Waals surface area contributed by atoms with Crippen LogP contribution in [0.3, 0.4) is 0 Å². The molecule has 0 radical (unpaired) electrons. The first kappa shape index (κ1) is 29.8. The zero-order valence-electron chi connectivity index (χ0n) is 22.9. The first-order valence-corrected chi connectivity index (χ1v) is 15.9. The summed E-state index contributed by atoms with van der Waals surface area (Å²) in [6, 6.07) is 22.0. The molecular formula is C31H36BrN3O4S. The number of nitrogens with zero attached hydrogens (tertiary/aromatic N) is 2. The van der Waals surface area contributed by atoms with Crippen LogP contribution in [-0.2, 0) is 26.2 Å².